The molecule has 7 heteroatoms. The summed E-state index contributed by atoms with van der Waals surface area (Å²) < 4.78 is 5.63. The third kappa shape index (κ3) is 7.26. The van der Waals surface area contributed by atoms with Crippen molar-refractivity contribution in [3.8, 4) is 16.9 Å². The second-order valence-corrected chi connectivity index (χ2v) is 8.17. The van der Waals surface area contributed by atoms with Crippen LogP contribution >= 0.6 is 11.6 Å². The molecule has 1 saturated heterocycles. The molecule has 2 aromatic carbocycles. The van der Waals surface area contributed by atoms with Crippen molar-refractivity contribution in [2.24, 2.45) is 0 Å². The fraction of sp³-hybridized carbons (Fsp3) is 0.417. The van der Waals surface area contributed by atoms with Crippen molar-refractivity contribution in [2.45, 2.75) is 32.2 Å². The number of amides is 2. The first-order chi connectivity index (χ1) is 15.0. The van der Waals surface area contributed by atoms with E-state index in [0.29, 0.717) is 23.9 Å². The lowest BCUT2D eigenvalue weighted by molar-refractivity contribution is -0.125. The number of nitrogens with one attached hydrogen (secondary N) is 2. The normalized spacial score (nSPS) is 14.8. The van der Waals surface area contributed by atoms with Crippen LogP contribution in [0.5, 0.6) is 5.75 Å². The van der Waals surface area contributed by atoms with Crippen molar-refractivity contribution < 1.29 is 14.3 Å². The topological polar surface area (TPSA) is 70.7 Å². The van der Waals surface area contributed by atoms with Crippen LogP contribution in [-0.2, 0) is 9.59 Å². The van der Waals surface area contributed by atoms with Gasteiger partial charge in [0.2, 0.25) is 5.91 Å². The Kier molecular flexibility index (Phi) is 8.74. The molecule has 1 heterocycles. The maximum Gasteiger partial charge on any atom is 0.258 e. The van der Waals surface area contributed by atoms with Crippen LogP contribution < -0.4 is 15.4 Å². The number of hydrogen-bond donors (Lipinski definition) is 2. The van der Waals surface area contributed by atoms with Crippen LogP contribution in [0.2, 0.25) is 5.02 Å². The number of ether oxygens (including phenoxy) is 1. The Hall–Kier alpha value is -2.57. The number of rotatable bonds is 9. The van der Waals surface area contributed by atoms with Gasteiger partial charge in [-0.2, -0.15) is 0 Å². The molecule has 2 N–H and O–H groups in total. The van der Waals surface area contributed by atoms with E-state index in [9.17, 15) is 9.59 Å². The fourth-order valence-electron chi connectivity index (χ4n) is 3.60. The van der Waals surface area contributed by atoms with Crippen molar-refractivity contribution in [1.82, 2.24) is 15.5 Å². The molecule has 1 aliphatic rings. The van der Waals surface area contributed by atoms with Gasteiger partial charge in [-0.1, -0.05) is 54.9 Å². The first-order valence-electron chi connectivity index (χ1n) is 10.8. The van der Waals surface area contributed by atoms with Crippen molar-refractivity contribution in [2.75, 3.05) is 32.8 Å². The standard InChI is InChI=1S/C24H30ClN3O3/c1-2-12-26-23(29)16-28-13-10-20(11-14-28)27-24(30)17-31-22-9-8-19(15-21(22)25)18-6-4-3-5-7-18/h3-9,15,20H,2,10-14,16-17H2,1H3,(H,26,29)(H,27,30). The molecule has 0 radical (unpaired) electrons. The number of benzene rings is 2. The van der Waals surface area contributed by atoms with Crippen LogP contribution in [0.15, 0.2) is 48.5 Å². The summed E-state index contributed by atoms with van der Waals surface area (Å²) in [5.74, 6) is 0.389. The van der Waals surface area contributed by atoms with E-state index in [1.165, 1.54) is 0 Å². The van der Waals surface area contributed by atoms with E-state index >= 15 is 0 Å². The van der Waals surface area contributed by atoms with Crippen LogP contribution in [0.3, 0.4) is 0 Å². The van der Waals surface area contributed by atoms with Gasteiger partial charge < -0.3 is 15.4 Å². The Labute approximate surface area is 188 Å². The molecule has 166 valence electrons. The van der Waals surface area contributed by atoms with E-state index in [0.717, 1.165) is 43.5 Å². The summed E-state index contributed by atoms with van der Waals surface area (Å²) >= 11 is 6.35. The van der Waals surface area contributed by atoms with Crippen LogP contribution in [0.1, 0.15) is 26.2 Å². The van der Waals surface area contributed by atoms with Crippen molar-refractivity contribution >= 4 is 23.4 Å². The molecule has 2 aromatic rings. The molecule has 6 nitrogen and oxygen atoms in total. The lowest BCUT2D eigenvalue weighted by atomic mass is 10.1. The Morgan fingerprint density at radius 1 is 1.06 bits per heavy atom. The van der Waals surface area contributed by atoms with E-state index in [2.05, 4.69) is 15.5 Å². The SMILES string of the molecule is CCCNC(=O)CN1CCC(NC(=O)COc2ccc(-c3ccccc3)cc2Cl)CC1. The number of carbonyl (C=O) groups is 2. The third-order valence-corrected chi connectivity index (χ3v) is 5.59. The van der Waals surface area contributed by atoms with E-state index in [4.69, 9.17) is 16.3 Å². The highest BCUT2D eigenvalue weighted by atomic mass is 35.5. The van der Waals surface area contributed by atoms with E-state index in [-0.39, 0.29) is 24.5 Å². The van der Waals surface area contributed by atoms with Crippen molar-refractivity contribution in [1.29, 1.82) is 0 Å². The van der Waals surface area contributed by atoms with Gasteiger partial charge in [-0.05, 0) is 42.5 Å². The van der Waals surface area contributed by atoms with Crippen molar-refractivity contribution in [3.05, 3.63) is 53.6 Å². The zero-order valence-electron chi connectivity index (χ0n) is 17.9. The second-order valence-electron chi connectivity index (χ2n) is 7.77. The largest absolute Gasteiger partial charge is 0.482 e. The quantitative estimate of drug-likeness (QED) is 0.622. The molecule has 0 aliphatic carbocycles. The summed E-state index contributed by atoms with van der Waals surface area (Å²) in [6.07, 6.45) is 2.57. The third-order valence-electron chi connectivity index (χ3n) is 5.29. The van der Waals surface area contributed by atoms with Gasteiger partial charge in [0.1, 0.15) is 5.75 Å². The number of carbonyl (C=O) groups excluding carboxylic acids is 2. The first kappa shape index (κ1) is 23.1. The van der Waals surface area contributed by atoms with Crippen LogP contribution in [-0.4, -0.2) is 55.5 Å². The average Bonchev–Trinajstić information content (AvgIpc) is 2.78. The molecule has 0 saturated carbocycles. The van der Waals surface area contributed by atoms with Gasteiger partial charge in [0.15, 0.2) is 6.61 Å². The minimum Gasteiger partial charge on any atom is -0.482 e. The predicted molar refractivity (Wildman–Crippen MR) is 123 cm³/mol. The second kappa shape index (κ2) is 11.7. The summed E-state index contributed by atoms with van der Waals surface area (Å²) in [5, 5.41) is 6.39. The van der Waals surface area contributed by atoms with Gasteiger partial charge in [0.05, 0.1) is 11.6 Å². The molecule has 0 spiro atoms. The minimum atomic E-state index is -0.164. The molecule has 3 rings (SSSR count). The van der Waals surface area contributed by atoms with Gasteiger partial charge in [-0.3, -0.25) is 14.5 Å². The molecule has 0 bridgehead atoms. The maximum atomic E-state index is 12.3. The summed E-state index contributed by atoms with van der Waals surface area (Å²) in [5.41, 5.74) is 2.07. The summed E-state index contributed by atoms with van der Waals surface area (Å²) in [4.78, 5) is 26.3. The number of likely N-dealkylation sites (tertiary alicyclic amines) is 1. The monoisotopic (exact) mass is 443 g/mol. The highest BCUT2D eigenvalue weighted by Gasteiger charge is 2.22. The molecule has 31 heavy (non-hydrogen) atoms. The zero-order valence-corrected chi connectivity index (χ0v) is 18.7. The van der Waals surface area contributed by atoms with Crippen LogP contribution in [0.25, 0.3) is 11.1 Å². The fourth-order valence-corrected chi connectivity index (χ4v) is 3.83. The molecule has 0 atom stereocenters. The lowest BCUT2D eigenvalue weighted by Crippen LogP contribution is -2.48. The molecule has 1 aliphatic heterocycles. The van der Waals surface area contributed by atoms with Crippen molar-refractivity contribution in [3.63, 3.8) is 0 Å². The molecular formula is C24H30ClN3O3. The lowest BCUT2D eigenvalue weighted by Gasteiger charge is -2.31. The van der Waals surface area contributed by atoms with Gasteiger partial charge in [0, 0.05) is 25.7 Å². The predicted octanol–water partition coefficient (Wildman–Crippen LogP) is 3.49. The Morgan fingerprint density at radius 3 is 2.48 bits per heavy atom. The Balaban J connectivity index is 1.40. The molecule has 0 aromatic heterocycles. The number of piperidine rings is 1. The summed E-state index contributed by atoms with van der Waals surface area (Å²) in [7, 11) is 0. The van der Waals surface area contributed by atoms with Gasteiger partial charge in [-0.25, -0.2) is 0 Å². The van der Waals surface area contributed by atoms with Crippen LogP contribution in [0, 0.1) is 0 Å². The molecular weight excluding hydrogens is 414 g/mol. The van der Waals surface area contributed by atoms with E-state index < -0.39 is 0 Å². The molecule has 2 amide bonds. The van der Waals surface area contributed by atoms with Gasteiger partial charge >= 0.3 is 0 Å². The van der Waals surface area contributed by atoms with Gasteiger partial charge in [0.25, 0.3) is 5.91 Å². The van der Waals surface area contributed by atoms with Crippen LogP contribution in [0.4, 0.5) is 0 Å². The highest BCUT2D eigenvalue weighted by molar-refractivity contribution is 6.32. The maximum absolute atomic E-state index is 12.3. The van der Waals surface area contributed by atoms with E-state index in [1.807, 2.05) is 49.4 Å². The summed E-state index contributed by atoms with van der Waals surface area (Å²) in [6, 6.07) is 15.6. The number of nitrogens with zero attached hydrogens (tertiary/aromatic N) is 1. The highest BCUT2D eigenvalue weighted by Crippen LogP contribution is 2.30. The first-order valence-corrected chi connectivity index (χ1v) is 11.2. The smallest absolute Gasteiger partial charge is 0.258 e. The van der Waals surface area contributed by atoms with Gasteiger partial charge in [-0.15, -0.1) is 0 Å². The Morgan fingerprint density at radius 2 is 1.81 bits per heavy atom. The number of hydrogen-bond acceptors (Lipinski definition) is 4. The van der Waals surface area contributed by atoms with E-state index in [1.54, 1.807) is 6.07 Å². The minimum absolute atomic E-state index is 0.0629. The Bertz CT molecular complexity index is 868. The zero-order chi connectivity index (χ0) is 22.1. The molecule has 0 unspecified atom stereocenters. The summed E-state index contributed by atoms with van der Waals surface area (Å²) in [6.45, 7) is 4.66. The average molecular weight is 444 g/mol. The molecule has 1 fully saturated rings. The number of halogens is 1.